The summed E-state index contributed by atoms with van der Waals surface area (Å²) in [5.41, 5.74) is 6.40. The van der Waals surface area contributed by atoms with Crippen LogP contribution in [0.1, 0.15) is 28.1 Å². The molecular formula is C20H24N3O+. The van der Waals surface area contributed by atoms with Crippen LogP contribution < -0.4 is 10.5 Å². The first kappa shape index (κ1) is 16.4. The largest absolute Gasteiger partial charge is 0.329 e. The third-order valence-corrected chi connectivity index (χ3v) is 4.41. The fourth-order valence-electron chi connectivity index (χ4n) is 3.20. The van der Waals surface area contributed by atoms with Gasteiger partial charge in [-0.15, -0.1) is 0 Å². The summed E-state index contributed by atoms with van der Waals surface area (Å²) in [4.78, 5) is 18.3. The van der Waals surface area contributed by atoms with Crippen LogP contribution >= 0.6 is 0 Å². The SMILES string of the molecule is Cc1ccc(C[NH+](C)Cc2cc(=O)n3c(C)cccc3n2)c(C)c1. The van der Waals surface area contributed by atoms with Crippen molar-refractivity contribution in [3.05, 3.63) is 80.9 Å². The van der Waals surface area contributed by atoms with Crippen molar-refractivity contribution in [3.63, 3.8) is 0 Å². The second kappa shape index (κ2) is 6.57. The van der Waals surface area contributed by atoms with Crippen molar-refractivity contribution < 1.29 is 4.90 Å². The van der Waals surface area contributed by atoms with Gasteiger partial charge in [0.2, 0.25) is 0 Å². The van der Waals surface area contributed by atoms with Crippen molar-refractivity contribution in [2.45, 2.75) is 33.9 Å². The summed E-state index contributed by atoms with van der Waals surface area (Å²) < 4.78 is 1.66. The van der Waals surface area contributed by atoms with Crippen LogP contribution in [-0.4, -0.2) is 16.4 Å². The summed E-state index contributed by atoms with van der Waals surface area (Å²) in [6.45, 7) is 7.84. The Kier molecular flexibility index (Phi) is 4.49. The number of aryl methyl sites for hydroxylation is 3. The highest BCUT2D eigenvalue weighted by Crippen LogP contribution is 2.09. The van der Waals surface area contributed by atoms with E-state index in [-0.39, 0.29) is 5.56 Å². The van der Waals surface area contributed by atoms with Crippen LogP contribution in [0.5, 0.6) is 0 Å². The quantitative estimate of drug-likeness (QED) is 0.796. The molecular weight excluding hydrogens is 298 g/mol. The van der Waals surface area contributed by atoms with Crippen molar-refractivity contribution in [1.29, 1.82) is 0 Å². The molecule has 1 N–H and O–H groups in total. The standard InChI is InChI=1S/C20H23N3O/c1-14-8-9-17(15(2)10-14)12-22(4)13-18-11-20(24)23-16(3)6-5-7-19(23)21-18/h5-11H,12-13H2,1-4H3/p+1. The third kappa shape index (κ3) is 3.39. The van der Waals surface area contributed by atoms with Gasteiger partial charge in [-0.2, -0.15) is 0 Å². The Labute approximate surface area is 142 Å². The molecule has 4 nitrogen and oxygen atoms in total. The van der Waals surface area contributed by atoms with E-state index in [0.717, 1.165) is 30.1 Å². The van der Waals surface area contributed by atoms with Crippen LogP contribution in [0, 0.1) is 20.8 Å². The minimum atomic E-state index is -0.00702. The highest BCUT2D eigenvalue weighted by molar-refractivity contribution is 5.40. The number of fused-ring (bicyclic) bond motifs is 1. The topological polar surface area (TPSA) is 38.8 Å². The minimum absolute atomic E-state index is 0.00702. The fraction of sp³-hybridized carbons (Fsp3) is 0.300. The molecule has 0 saturated carbocycles. The van der Waals surface area contributed by atoms with E-state index in [1.54, 1.807) is 10.5 Å². The summed E-state index contributed by atoms with van der Waals surface area (Å²) in [5.74, 6) is 0. The molecule has 0 saturated heterocycles. The Hall–Kier alpha value is -2.46. The summed E-state index contributed by atoms with van der Waals surface area (Å²) in [6, 6.07) is 14.0. The first-order chi connectivity index (χ1) is 11.4. The van der Waals surface area contributed by atoms with Crippen LogP contribution in [0.15, 0.2) is 47.3 Å². The molecule has 1 aromatic carbocycles. The van der Waals surface area contributed by atoms with Gasteiger partial charge >= 0.3 is 0 Å². The number of rotatable bonds is 4. The lowest BCUT2D eigenvalue weighted by Gasteiger charge is -2.16. The lowest BCUT2D eigenvalue weighted by atomic mass is 10.1. The van der Waals surface area contributed by atoms with Gasteiger partial charge in [-0.05, 0) is 38.5 Å². The average molecular weight is 322 g/mol. The maximum absolute atomic E-state index is 12.4. The molecule has 1 atom stereocenters. The maximum Gasteiger partial charge on any atom is 0.258 e. The van der Waals surface area contributed by atoms with Gasteiger partial charge in [-0.25, -0.2) is 4.98 Å². The number of benzene rings is 1. The van der Waals surface area contributed by atoms with Crippen molar-refractivity contribution in [2.75, 3.05) is 7.05 Å². The summed E-state index contributed by atoms with van der Waals surface area (Å²) in [7, 11) is 2.14. The van der Waals surface area contributed by atoms with E-state index in [1.807, 2.05) is 25.1 Å². The van der Waals surface area contributed by atoms with Crippen molar-refractivity contribution in [3.8, 4) is 0 Å². The predicted octanol–water partition coefficient (Wildman–Crippen LogP) is 1.83. The molecule has 3 rings (SSSR count). The summed E-state index contributed by atoms with van der Waals surface area (Å²) in [6.07, 6.45) is 0. The highest BCUT2D eigenvalue weighted by atomic mass is 16.1. The van der Waals surface area contributed by atoms with Crippen LogP contribution in [0.3, 0.4) is 0 Å². The third-order valence-electron chi connectivity index (χ3n) is 4.41. The van der Waals surface area contributed by atoms with Gasteiger partial charge in [-0.1, -0.05) is 29.8 Å². The number of pyridine rings is 1. The van der Waals surface area contributed by atoms with E-state index in [4.69, 9.17) is 0 Å². The van der Waals surface area contributed by atoms with Gasteiger partial charge in [0.05, 0.1) is 7.05 Å². The Bertz CT molecular complexity index is 943. The first-order valence-corrected chi connectivity index (χ1v) is 8.30. The average Bonchev–Trinajstić information content (AvgIpc) is 2.50. The first-order valence-electron chi connectivity index (χ1n) is 8.30. The summed E-state index contributed by atoms with van der Waals surface area (Å²) >= 11 is 0. The zero-order valence-corrected chi connectivity index (χ0v) is 14.8. The van der Waals surface area contributed by atoms with Gasteiger partial charge in [0, 0.05) is 17.3 Å². The number of nitrogens with zero attached hydrogens (tertiary/aromatic N) is 2. The van der Waals surface area contributed by atoms with Crippen LogP contribution in [0.2, 0.25) is 0 Å². The van der Waals surface area contributed by atoms with E-state index < -0.39 is 0 Å². The van der Waals surface area contributed by atoms with Gasteiger partial charge in [0.15, 0.2) is 0 Å². The number of aromatic nitrogens is 2. The molecule has 1 unspecified atom stereocenters. The lowest BCUT2D eigenvalue weighted by molar-refractivity contribution is -0.908. The summed E-state index contributed by atoms with van der Waals surface area (Å²) in [5, 5.41) is 0. The molecule has 0 spiro atoms. The highest BCUT2D eigenvalue weighted by Gasteiger charge is 2.11. The lowest BCUT2D eigenvalue weighted by Crippen LogP contribution is -3.06. The molecule has 2 aromatic heterocycles. The molecule has 0 fully saturated rings. The molecule has 0 radical (unpaired) electrons. The molecule has 4 heteroatoms. The molecule has 0 aliphatic heterocycles. The van der Waals surface area contributed by atoms with E-state index in [1.165, 1.54) is 21.6 Å². The monoisotopic (exact) mass is 322 g/mol. The normalized spacial score (nSPS) is 12.5. The predicted molar refractivity (Wildman–Crippen MR) is 96.4 cm³/mol. The number of hydrogen-bond acceptors (Lipinski definition) is 2. The fourth-order valence-corrected chi connectivity index (χ4v) is 3.20. The minimum Gasteiger partial charge on any atom is -0.329 e. The smallest absolute Gasteiger partial charge is 0.258 e. The van der Waals surface area contributed by atoms with E-state index >= 15 is 0 Å². The Morgan fingerprint density at radius 2 is 1.83 bits per heavy atom. The van der Waals surface area contributed by atoms with Crippen molar-refractivity contribution in [1.82, 2.24) is 9.38 Å². The van der Waals surface area contributed by atoms with Gasteiger partial charge in [0.25, 0.3) is 5.56 Å². The molecule has 24 heavy (non-hydrogen) atoms. The molecule has 2 heterocycles. The molecule has 3 aromatic rings. The van der Waals surface area contributed by atoms with E-state index in [2.05, 4.69) is 44.1 Å². The van der Waals surface area contributed by atoms with Gasteiger partial charge in [-0.3, -0.25) is 9.20 Å². The Morgan fingerprint density at radius 1 is 1.04 bits per heavy atom. The zero-order valence-electron chi connectivity index (χ0n) is 14.8. The van der Waals surface area contributed by atoms with Gasteiger partial charge in [0.1, 0.15) is 24.4 Å². The van der Waals surface area contributed by atoms with Crippen LogP contribution in [-0.2, 0) is 13.1 Å². The zero-order chi connectivity index (χ0) is 17.3. The Balaban J connectivity index is 1.83. The van der Waals surface area contributed by atoms with Crippen LogP contribution in [0.25, 0.3) is 5.65 Å². The Morgan fingerprint density at radius 3 is 2.58 bits per heavy atom. The number of quaternary nitrogens is 1. The van der Waals surface area contributed by atoms with Crippen LogP contribution in [0.4, 0.5) is 0 Å². The maximum atomic E-state index is 12.4. The van der Waals surface area contributed by atoms with Crippen molar-refractivity contribution in [2.24, 2.45) is 0 Å². The van der Waals surface area contributed by atoms with Crippen molar-refractivity contribution >= 4 is 5.65 Å². The molecule has 0 amide bonds. The molecule has 0 bridgehead atoms. The second-order valence-electron chi connectivity index (χ2n) is 6.69. The molecule has 0 aliphatic rings. The van der Waals surface area contributed by atoms with Gasteiger partial charge < -0.3 is 4.90 Å². The molecule has 124 valence electrons. The van der Waals surface area contributed by atoms with E-state index in [9.17, 15) is 4.79 Å². The molecule has 0 aliphatic carbocycles. The number of nitrogens with one attached hydrogen (secondary N) is 1. The second-order valence-corrected chi connectivity index (χ2v) is 6.69. The van der Waals surface area contributed by atoms with E-state index in [0.29, 0.717) is 0 Å². The number of hydrogen-bond donors (Lipinski definition) is 1.